The quantitative estimate of drug-likeness (QED) is 0.0278. The Bertz CT molecular complexity index is 3270. The number of nitrogens with zero attached hydrogens (tertiary/aromatic N) is 7. The molecule has 0 fully saturated rings. The van der Waals surface area contributed by atoms with E-state index < -0.39 is 164 Å². The first-order chi connectivity index (χ1) is 49.4. The fourth-order valence-electron chi connectivity index (χ4n) is 10.5. The molecule has 0 aromatic heterocycles. The molecule has 586 valence electrons. The maximum absolute atomic E-state index is 14.5. The lowest BCUT2D eigenvalue weighted by molar-refractivity contribution is -0.117. The number of nitrogens with one attached hydrogen (secondary N) is 1. The average Bonchev–Trinajstić information content (AvgIpc) is 0.769. The highest BCUT2D eigenvalue weighted by molar-refractivity contribution is 14.1. The van der Waals surface area contributed by atoms with Crippen LogP contribution in [0.1, 0.15) is 89.3 Å². The number of carbonyl (C=O) groups excluding carboxylic acids is 8. The number of benzene rings is 3. The van der Waals surface area contributed by atoms with Crippen molar-refractivity contribution in [3.8, 4) is 0 Å². The van der Waals surface area contributed by atoms with Gasteiger partial charge in [0.25, 0.3) is 29.5 Å². The first kappa shape index (κ1) is 97.5. The van der Waals surface area contributed by atoms with Crippen LogP contribution in [0.3, 0.4) is 0 Å². The SMILES string of the molecule is CCC(COCC(O)CNc1c(I)c(C(=O)N(CCO)CCO)c(I)c(C(=O)N(CCO)CCO)c1I)(COCC(O)CN(C(C)=O)c1c(I)c(C=O)c(I)c(C(=O)N(CCO)CCO)c1I)COCC(O)CN(C(C)=O)c1c(I)c(C(=O)N(CCO)CCO)c(I)c(C(=O)N(CCO)CCO)c1I. The first-order valence-electron chi connectivity index (χ1n) is 32.1. The normalized spacial score (nSPS) is 12.9. The van der Waals surface area contributed by atoms with Crippen LogP contribution in [0.4, 0.5) is 17.1 Å². The lowest BCUT2D eigenvalue weighted by atomic mass is 9.88. The molecule has 0 aliphatic rings. The highest BCUT2D eigenvalue weighted by Crippen LogP contribution is 2.42. The van der Waals surface area contributed by atoms with E-state index in [9.17, 15) is 105 Å². The number of ether oxygens (including phenoxy) is 3. The Labute approximate surface area is 724 Å². The Hall–Kier alpha value is -0.650. The summed E-state index contributed by atoms with van der Waals surface area (Å²) in [5.41, 5.74) is -0.860. The predicted molar refractivity (Wildman–Crippen MR) is 457 cm³/mol. The summed E-state index contributed by atoms with van der Waals surface area (Å²) in [6.45, 7) is -5.76. The minimum absolute atomic E-state index is 0.0169. The molecule has 4 atom stereocenters. The van der Waals surface area contributed by atoms with E-state index in [0.717, 1.165) is 14.7 Å². The number of aliphatic hydroxyl groups excluding tert-OH is 13. The summed E-state index contributed by atoms with van der Waals surface area (Å²) in [4.78, 5) is 120. The van der Waals surface area contributed by atoms with Gasteiger partial charge in [0.2, 0.25) is 11.8 Å². The van der Waals surface area contributed by atoms with Crippen LogP contribution in [0.5, 0.6) is 0 Å². The van der Waals surface area contributed by atoms with Crippen molar-refractivity contribution in [1.82, 2.24) is 24.5 Å². The number of halogens is 9. The van der Waals surface area contributed by atoms with Gasteiger partial charge in [0.05, 0.1) is 200 Å². The summed E-state index contributed by atoms with van der Waals surface area (Å²) >= 11 is 16.8. The number of amides is 7. The van der Waals surface area contributed by atoms with Gasteiger partial charge in [-0.1, -0.05) is 6.92 Å². The molecule has 104 heavy (non-hydrogen) atoms. The molecule has 0 aliphatic carbocycles. The zero-order chi connectivity index (χ0) is 78.5. The molecule has 41 heteroatoms. The highest BCUT2D eigenvalue weighted by atomic mass is 127. The fraction of sp³-hybridized carbons (Fsp3) is 0.587. The maximum atomic E-state index is 14.5. The van der Waals surface area contributed by atoms with Gasteiger partial charge >= 0.3 is 0 Å². The standard InChI is InChI=1S/C63H87I9N8O24/c1-4-63(33-103-30-38(95)26-79(35(2)92)56-47(65)40(28-91)46(64)41(52(56)70)58(97)74(5-15-81)6-16-82,32-102-29-37(94)25-73-55-50(68)42(59(98)75(7-17-83)8-18-84)48(66)43(51(55)69)60(99)76(9-19-85)10-20-86)34-104-31-39(96)27-80(36(3)93)57-53(71)44(61(100)77(11-21-87)12-22-88)49(67)45(54(57)72)62(101)78(13-23-89)14-24-90/h28,37-39,73,81-90,94-96H,4-27,29-34H2,1-3H3. The van der Waals surface area contributed by atoms with Gasteiger partial charge in [-0.3, -0.25) is 38.4 Å². The number of anilines is 3. The highest BCUT2D eigenvalue weighted by Gasteiger charge is 2.39. The third-order valence-electron chi connectivity index (χ3n) is 15.8. The third-order valence-corrected chi connectivity index (χ3v) is 25.4. The van der Waals surface area contributed by atoms with Gasteiger partial charge < -0.3 is 120 Å². The minimum Gasteiger partial charge on any atom is -0.395 e. The molecular formula is C63H87I9N8O24. The fourth-order valence-corrected chi connectivity index (χ4v) is 24.1. The van der Waals surface area contributed by atoms with Crippen LogP contribution < -0.4 is 15.1 Å². The number of carbonyl (C=O) groups is 8. The number of hydrogen-bond donors (Lipinski definition) is 14. The zero-order valence-electron chi connectivity index (χ0n) is 56.9. The Balaban J connectivity index is 2.18. The average molecular weight is 2480 g/mol. The van der Waals surface area contributed by atoms with Gasteiger partial charge in [-0.25, -0.2) is 0 Å². The van der Waals surface area contributed by atoms with Gasteiger partial charge in [-0.2, -0.15) is 0 Å². The van der Waals surface area contributed by atoms with Crippen molar-refractivity contribution in [2.45, 2.75) is 45.5 Å². The molecule has 3 rings (SSSR count). The van der Waals surface area contributed by atoms with E-state index in [0.29, 0.717) is 13.4 Å². The van der Waals surface area contributed by atoms with E-state index >= 15 is 0 Å². The molecule has 0 bridgehead atoms. The van der Waals surface area contributed by atoms with Crippen molar-refractivity contribution in [3.05, 3.63) is 65.5 Å². The maximum Gasteiger partial charge on any atom is 0.256 e. The molecule has 3 aromatic rings. The molecule has 0 heterocycles. The molecule has 0 spiro atoms. The Kier molecular flexibility index (Phi) is 46.7. The van der Waals surface area contributed by atoms with Crippen LogP contribution in [-0.2, 0) is 23.8 Å². The summed E-state index contributed by atoms with van der Waals surface area (Å²) in [5.74, 6) is -4.61. The molecule has 0 aliphatic heterocycles. The van der Waals surface area contributed by atoms with E-state index in [-0.39, 0.29) is 174 Å². The second-order valence-electron chi connectivity index (χ2n) is 23.0. The monoisotopic (exact) mass is 2480 g/mol. The van der Waals surface area contributed by atoms with Gasteiger partial charge in [0.1, 0.15) is 0 Å². The minimum atomic E-state index is -1.53. The Morgan fingerprint density at radius 3 is 0.894 bits per heavy atom. The zero-order valence-corrected chi connectivity index (χ0v) is 76.3. The second-order valence-corrected chi connectivity index (χ2v) is 32.7. The Morgan fingerprint density at radius 2 is 0.644 bits per heavy atom. The summed E-state index contributed by atoms with van der Waals surface area (Å²) in [6, 6.07) is 0. The van der Waals surface area contributed by atoms with E-state index in [4.69, 9.17) is 14.2 Å². The van der Waals surface area contributed by atoms with Crippen molar-refractivity contribution in [1.29, 1.82) is 0 Å². The van der Waals surface area contributed by atoms with Gasteiger partial charge in [-0.05, 0) is 210 Å². The van der Waals surface area contributed by atoms with Crippen LogP contribution >= 0.6 is 203 Å². The molecule has 3 aromatic carbocycles. The van der Waals surface area contributed by atoms with Crippen molar-refractivity contribution >= 4 is 268 Å². The van der Waals surface area contributed by atoms with Gasteiger partial charge in [0, 0.05) is 111 Å². The molecule has 4 unspecified atom stereocenters. The lowest BCUT2D eigenvalue weighted by Gasteiger charge is -2.34. The van der Waals surface area contributed by atoms with Crippen molar-refractivity contribution in [3.63, 3.8) is 0 Å². The van der Waals surface area contributed by atoms with E-state index in [1.807, 2.05) is 203 Å². The number of hydrogen-bond acceptors (Lipinski definition) is 25. The van der Waals surface area contributed by atoms with Crippen LogP contribution in [0, 0.1) is 37.5 Å². The van der Waals surface area contributed by atoms with E-state index in [2.05, 4.69) is 5.32 Å². The van der Waals surface area contributed by atoms with Crippen molar-refractivity contribution in [2.75, 3.05) is 206 Å². The van der Waals surface area contributed by atoms with Crippen LogP contribution in [0.2, 0.25) is 0 Å². The smallest absolute Gasteiger partial charge is 0.256 e. The van der Waals surface area contributed by atoms with Crippen LogP contribution in [0.25, 0.3) is 0 Å². The van der Waals surface area contributed by atoms with E-state index in [1.54, 1.807) is 6.92 Å². The summed E-state index contributed by atoms with van der Waals surface area (Å²) < 4.78 is 20.8. The third kappa shape index (κ3) is 26.5. The predicted octanol–water partition coefficient (Wildman–Crippen LogP) is 1.12. The molecule has 0 saturated carbocycles. The molecule has 32 nitrogen and oxygen atoms in total. The van der Waals surface area contributed by atoms with E-state index in [1.165, 1.54) is 33.4 Å². The molecule has 0 saturated heterocycles. The lowest BCUT2D eigenvalue weighted by Crippen LogP contribution is -2.43. The largest absolute Gasteiger partial charge is 0.395 e. The first-order valence-corrected chi connectivity index (χ1v) is 41.8. The molecular weight excluding hydrogens is 2390 g/mol. The Morgan fingerprint density at radius 1 is 0.394 bits per heavy atom. The van der Waals surface area contributed by atoms with Crippen molar-refractivity contribution < 1.29 is 119 Å². The molecule has 14 N–H and O–H groups in total. The number of rotatable bonds is 48. The van der Waals surface area contributed by atoms with Gasteiger partial charge in [0.15, 0.2) is 6.29 Å². The summed E-state index contributed by atoms with van der Waals surface area (Å²) in [6.07, 6.45) is -3.64. The number of aldehydes is 1. The summed E-state index contributed by atoms with van der Waals surface area (Å²) in [5, 5.41) is 137. The summed E-state index contributed by atoms with van der Waals surface area (Å²) in [7, 11) is 0. The topological polar surface area (TPSA) is 462 Å². The second kappa shape index (κ2) is 49.8. The van der Waals surface area contributed by atoms with Crippen molar-refractivity contribution in [2.24, 2.45) is 5.41 Å². The van der Waals surface area contributed by atoms with Crippen LogP contribution in [-0.4, -0.2) is 348 Å². The molecule has 0 radical (unpaired) electrons. The van der Waals surface area contributed by atoms with Crippen LogP contribution in [0.15, 0.2) is 0 Å². The number of aliphatic hydroxyl groups is 13. The molecule has 7 amide bonds. The van der Waals surface area contributed by atoms with Gasteiger partial charge in [-0.15, -0.1) is 0 Å².